The van der Waals surface area contributed by atoms with E-state index >= 15 is 0 Å². The highest BCUT2D eigenvalue weighted by Gasteiger charge is 2.41. The van der Waals surface area contributed by atoms with Gasteiger partial charge in [0.1, 0.15) is 11.7 Å². The van der Waals surface area contributed by atoms with Gasteiger partial charge in [-0.15, -0.1) is 0 Å². The molecule has 144 valence electrons. The Balaban J connectivity index is 2.03. The summed E-state index contributed by atoms with van der Waals surface area (Å²) in [6.07, 6.45) is 7.08. The van der Waals surface area contributed by atoms with Gasteiger partial charge in [0.25, 0.3) is 0 Å². The van der Waals surface area contributed by atoms with Gasteiger partial charge < -0.3 is 14.8 Å². The molecule has 2 fully saturated rings. The molecule has 0 radical (unpaired) electrons. The first-order valence-corrected chi connectivity index (χ1v) is 9.85. The predicted octanol–water partition coefficient (Wildman–Crippen LogP) is 4.44. The molecule has 1 amide bonds. The maximum Gasteiger partial charge on any atom is 0.408 e. The quantitative estimate of drug-likeness (QED) is 0.742. The van der Waals surface area contributed by atoms with E-state index in [4.69, 9.17) is 9.47 Å². The maximum absolute atomic E-state index is 12.3. The van der Waals surface area contributed by atoms with Crippen molar-refractivity contribution >= 4 is 12.1 Å². The number of cyclic esters (lactones) is 1. The van der Waals surface area contributed by atoms with Gasteiger partial charge in [0.05, 0.1) is 12.0 Å². The highest BCUT2D eigenvalue weighted by molar-refractivity contribution is 5.75. The first-order chi connectivity index (χ1) is 11.7. The fourth-order valence-corrected chi connectivity index (χ4v) is 3.97. The van der Waals surface area contributed by atoms with Crippen molar-refractivity contribution in [2.24, 2.45) is 17.8 Å². The molecule has 1 unspecified atom stereocenters. The van der Waals surface area contributed by atoms with Gasteiger partial charge in [-0.3, -0.25) is 4.79 Å². The van der Waals surface area contributed by atoms with Crippen LogP contribution in [-0.4, -0.2) is 29.8 Å². The van der Waals surface area contributed by atoms with Crippen LogP contribution >= 0.6 is 0 Å². The van der Waals surface area contributed by atoms with Crippen molar-refractivity contribution in [3.05, 3.63) is 0 Å². The summed E-state index contributed by atoms with van der Waals surface area (Å²) < 4.78 is 11.1. The van der Waals surface area contributed by atoms with Gasteiger partial charge in [0.2, 0.25) is 0 Å². The Kier molecular flexibility index (Phi) is 6.75. The third-order valence-corrected chi connectivity index (χ3v) is 5.32. The van der Waals surface area contributed by atoms with Crippen LogP contribution in [0.5, 0.6) is 0 Å². The van der Waals surface area contributed by atoms with Crippen molar-refractivity contribution < 1.29 is 19.1 Å². The second kappa shape index (κ2) is 8.41. The van der Waals surface area contributed by atoms with Crippen LogP contribution < -0.4 is 5.32 Å². The summed E-state index contributed by atoms with van der Waals surface area (Å²) >= 11 is 0. The summed E-state index contributed by atoms with van der Waals surface area (Å²) in [4.78, 5) is 24.5. The molecule has 1 N–H and O–H groups in total. The van der Waals surface area contributed by atoms with E-state index in [1.807, 2.05) is 34.6 Å². The van der Waals surface area contributed by atoms with Crippen molar-refractivity contribution in [3.8, 4) is 0 Å². The zero-order valence-electron chi connectivity index (χ0n) is 16.5. The van der Waals surface area contributed by atoms with Gasteiger partial charge in [0, 0.05) is 0 Å². The molecule has 0 aromatic carbocycles. The fraction of sp³-hybridized carbons (Fsp3) is 0.900. The molecule has 0 aromatic heterocycles. The van der Waals surface area contributed by atoms with Crippen LogP contribution in [0.15, 0.2) is 0 Å². The molecule has 1 saturated carbocycles. The van der Waals surface area contributed by atoms with Crippen LogP contribution in [0.25, 0.3) is 0 Å². The zero-order valence-corrected chi connectivity index (χ0v) is 16.5. The number of hydrogen-bond donors (Lipinski definition) is 1. The van der Waals surface area contributed by atoms with E-state index in [9.17, 15) is 9.59 Å². The summed E-state index contributed by atoms with van der Waals surface area (Å²) in [5.74, 6) is 0.652. The Labute approximate surface area is 152 Å². The van der Waals surface area contributed by atoms with E-state index in [2.05, 4.69) is 5.32 Å². The fourth-order valence-electron chi connectivity index (χ4n) is 3.97. The highest BCUT2D eigenvalue weighted by Crippen LogP contribution is 2.34. The van der Waals surface area contributed by atoms with E-state index in [0.717, 1.165) is 6.42 Å². The second-order valence-corrected chi connectivity index (χ2v) is 9.05. The van der Waals surface area contributed by atoms with Gasteiger partial charge in [-0.2, -0.15) is 0 Å². The smallest absolute Gasteiger partial charge is 0.408 e. The second-order valence-electron chi connectivity index (χ2n) is 9.05. The van der Waals surface area contributed by atoms with Crippen molar-refractivity contribution in [1.29, 1.82) is 0 Å². The third kappa shape index (κ3) is 6.19. The summed E-state index contributed by atoms with van der Waals surface area (Å²) in [5, 5.41) is 3.00. The molecular weight excluding hydrogens is 318 g/mol. The molecular formula is C20H35NO4. The maximum atomic E-state index is 12.3. The van der Waals surface area contributed by atoms with Crippen LogP contribution in [0.3, 0.4) is 0 Å². The van der Waals surface area contributed by atoms with Gasteiger partial charge in [-0.25, -0.2) is 4.79 Å². The number of ether oxygens (including phenoxy) is 2. The van der Waals surface area contributed by atoms with Crippen molar-refractivity contribution in [3.63, 3.8) is 0 Å². The molecule has 0 spiro atoms. The van der Waals surface area contributed by atoms with E-state index < -0.39 is 11.7 Å². The number of amides is 1. The Morgan fingerprint density at radius 3 is 2.40 bits per heavy atom. The first kappa shape index (κ1) is 20.1. The lowest BCUT2D eigenvalue weighted by atomic mass is 9.82. The van der Waals surface area contributed by atoms with E-state index in [0.29, 0.717) is 12.3 Å². The van der Waals surface area contributed by atoms with Crippen LogP contribution in [0, 0.1) is 17.8 Å². The normalized spacial score (nSPS) is 26.4. The number of carbonyl (C=O) groups is 2. The number of nitrogens with one attached hydrogen (secondary N) is 1. The van der Waals surface area contributed by atoms with Gasteiger partial charge >= 0.3 is 12.1 Å². The largest absolute Gasteiger partial charge is 0.460 e. The lowest BCUT2D eigenvalue weighted by molar-refractivity contribution is -0.146. The Hall–Kier alpha value is -1.26. The molecule has 0 bridgehead atoms. The standard InChI is InChI=1S/C20H35NO4/c1-13(2)15-12-17(24-18(15)22)16(11-14-9-7-6-8-10-14)21-19(23)25-20(3,4)5/h13-17H,6-12H2,1-5H3,(H,21,23)/t15-,16?,17+/m1/s1. The predicted molar refractivity (Wildman–Crippen MR) is 97.2 cm³/mol. The number of alkyl carbamates (subject to hydrolysis) is 1. The van der Waals surface area contributed by atoms with Crippen LogP contribution in [0.4, 0.5) is 4.79 Å². The average molecular weight is 354 g/mol. The van der Waals surface area contributed by atoms with Crippen LogP contribution in [0.2, 0.25) is 0 Å². The summed E-state index contributed by atoms with van der Waals surface area (Å²) in [6, 6.07) is -0.161. The van der Waals surface area contributed by atoms with Crippen molar-refractivity contribution in [2.75, 3.05) is 0 Å². The van der Waals surface area contributed by atoms with Crippen molar-refractivity contribution in [2.45, 2.75) is 97.3 Å². The Morgan fingerprint density at radius 1 is 1.24 bits per heavy atom. The van der Waals surface area contributed by atoms with Gasteiger partial charge in [-0.05, 0) is 45.4 Å². The summed E-state index contributed by atoms with van der Waals surface area (Å²) in [6.45, 7) is 9.66. The molecule has 0 aromatic rings. The SMILES string of the molecule is CC(C)[C@H]1C[C@@H](C(CC2CCCCC2)NC(=O)OC(C)(C)C)OC1=O. The van der Waals surface area contributed by atoms with E-state index in [-0.39, 0.29) is 30.0 Å². The Bertz CT molecular complexity index is 463. The highest BCUT2D eigenvalue weighted by atomic mass is 16.6. The lowest BCUT2D eigenvalue weighted by Gasteiger charge is -2.31. The number of rotatable bonds is 5. The molecule has 1 heterocycles. The molecule has 5 heteroatoms. The topological polar surface area (TPSA) is 64.6 Å². The van der Waals surface area contributed by atoms with Crippen LogP contribution in [0.1, 0.15) is 79.6 Å². The van der Waals surface area contributed by atoms with E-state index in [1.54, 1.807) is 0 Å². The minimum atomic E-state index is -0.535. The molecule has 1 aliphatic carbocycles. The molecule has 2 aliphatic rings. The monoisotopic (exact) mass is 353 g/mol. The molecule has 1 saturated heterocycles. The van der Waals surface area contributed by atoms with Gasteiger partial charge in [-0.1, -0.05) is 46.0 Å². The molecule has 1 aliphatic heterocycles. The molecule has 5 nitrogen and oxygen atoms in total. The number of esters is 1. The van der Waals surface area contributed by atoms with Gasteiger partial charge in [0.15, 0.2) is 0 Å². The first-order valence-electron chi connectivity index (χ1n) is 9.85. The average Bonchev–Trinajstić information content (AvgIpc) is 2.88. The van der Waals surface area contributed by atoms with E-state index in [1.165, 1.54) is 32.1 Å². The van der Waals surface area contributed by atoms with Crippen LogP contribution in [-0.2, 0) is 14.3 Å². The number of carbonyl (C=O) groups excluding carboxylic acids is 2. The third-order valence-electron chi connectivity index (χ3n) is 5.32. The minimum absolute atomic E-state index is 0.0701. The molecule has 25 heavy (non-hydrogen) atoms. The minimum Gasteiger partial charge on any atom is -0.460 e. The van der Waals surface area contributed by atoms with Crippen molar-refractivity contribution in [1.82, 2.24) is 5.32 Å². The summed E-state index contributed by atoms with van der Waals surface area (Å²) in [7, 11) is 0. The number of hydrogen-bond acceptors (Lipinski definition) is 4. The molecule has 3 atom stereocenters. The molecule has 2 rings (SSSR count). The summed E-state index contributed by atoms with van der Waals surface area (Å²) in [5.41, 5.74) is -0.535. The zero-order chi connectivity index (χ0) is 18.6. The lowest BCUT2D eigenvalue weighted by Crippen LogP contribution is -2.46. The Morgan fingerprint density at radius 2 is 1.88 bits per heavy atom.